The summed E-state index contributed by atoms with van der Waals surface area (Å²) >= 11 is 7.77. The van der Waals surface area contributed by atoms with Gasteiger partial charge in [0.05, 0.1) is 34.5 Å². The predicted molar refractivity (Wildman–Crippen MR) is 184 cm³/mol. The molecule has 234 valence electrons. The largest absolute Gasteiger partial charge is 0.466 e. The fraction of sp³-hybridized carbons (Fsp3) is 0.286. The number of hydrogen-bond acceptors (Lipinski definition) is 9. The number of ether oxygens (including phenoxy) is 1. The van der Waals surface area contributed by atoms with E-state index in [4.69, 9.17) is 32.2 Å². The minimum absolute atomic E-state index is 0.176. The lowest BCUT2D eigenvalue weighted by molar-refractivity contribution is -0.142. The van der Waals surface area contributed by atoms with E-state index in [1.54, 1.807) is 56.9 Å². The average molecular weight is 644 g/mol. The summed E-state index contributed by atoms with van der Waals surface area (Å²) in [6.45, 7) is 11.4. The fourth-order valence-electron chi connectivity index (χ4n) is 4.56. The Hall–Kier alpha value is -4.18. The van der Waals surface area contributed by atoms with Gasteiger partial charge in [0.1, 0.15) is 5.01 Å². The molecule has 3 aromatic heterocycles. The molecular formula is C35H38ClN5O3S. The number of aromatic nitrogens is 4. The molecule has 5 aromatic rings. The molecule has 0 aliphatic rings. The number of carbonyl (C=O) groups excluding carboxylic acids is 1. The van der Waals surface area contributed by atoms with E-state index in [-0.39, 0.29) is 12.4 Å². The van der Waals surface area contributed by atoms with Gasteiger partial charge in [0.2, 0.25) is 0 Å². The van der Waals surface area contributed by atoms with Gasteiger partial charge in [-0.05, 0) is 88.1 Å². The molecule has 3 heterocycles. The van der Waals surface area contributed by atoms with Crippen LogP contribution in [0.5, 0.6) is 0 Å². The SMILES string of the molecule is CC(C)(C)O.CCOC(=O)Cc1c(C)cc2nc(-c3ccnc(-c4cnc(/C(=C\N)CC)nc4)c3)sc2c1-c1ccc(Cl)cc1. The van der Waals surface area contributed by atoms with E-state index in [9.17, 15) is 4.79 Å². The van der Waals surface area contributed by atoms with Crippen LogP contribution in [0.1, 0.15) is 58.0 Å². The van der Waals surface area contributed by atoms with Crippen LogP contribution in [-0.4, -0.2) is 43.2 Å². The standard InChI is InChI=1S/C31H28ClN5O2S.C4H10O/c1-4-19(15-33)30-35-16-22(17-36-30)25-13-21(10-11-34-25)31-37-26-12-18(3)24(14-27(38)39-5-2)28(29(26)40-31)20-6-8-23(32)9-7-20;1-4(2,3)5/h6-13,15-17H,4-5,14,33H2,1-3H3;5H,1-3H3/b19-15-;. The lowest BCUT2D eigenvalue weighted by atomic mass is 9.93. The van der Waals surface area contributed by atoms with Gasteiger partial charge >= 0.3 is 5.97 Å². The van der Waals surface area contributed by atoms with Crippen molar-refractivity contribution in [3.8, 4) is 33.0 Å². The van der Waals surface area contributed by atoms with Crippen LogP contribution in [0.25, 0.3) is 48.7 Å². The Morgan fingerprint density at radius 1 is 1.02 bits per heavy atom. The lowest BCUT2D eigenvalue weighted by Crippen LogP contribution is -2.10. The van der Waals surface area contributed by atoms with Gasteiger partial charge in [0.15, 0.2) is 5.82 Å². The smallest absolute Gasteiger partial charge is 0.310 e. The number of rotatable bonds is 8. The van der Waals surface area contributed by atoms with Crippen LogP contribution in [0.2, 0.25) is 5.02 Å². The predicted octanol–water partition coefficient (Wildman–Crippen LogP) is 8.04. The maximum absolute atomic E-state index is 12.5. The number of aryl methyl sites for hydroxylation is 1. The first-order valence-corrected chi connectivity index (χ1v) is 15.9. The Morgan fingerprint density at radius 2 is 1.69 bits per heavy atom. The van der Waals surface area contributed by atoms with E-state index in [1.807, 2.05) is 63.2 Å². The molecule has 0 bridgehead atoms. The molecule has 0 fully saturated rings. The van der Waals surface area contributed by atoms with Crippen molar-refractivity contribution >= 4 is 44.7 Å². The van der Waals surface area contributed by atoms with Crippen molar-refractivity contribution in [2.24, 2.45) is 5.73 Å². The third-order valence-corrected chi connectivity index (χ3v) is 7.98. The van der Waals surface area contributed by atoms with Crippen LogP contribution < -0.4 is 5.73 Å². The molecular weight excluding hydrogens is 606 g/mol. The summed E-state index contributed by atoms with van der Waals surface area (Å²) in [7, 11) is 0. The number of pyridine rings is 1. The second kappa shape index (κ2) is 14.7. The number of nitrogens with two attached hydrogens (primary N) is 1. The van der Waals surface area contributed by atoms with E-state index in [0.717, 1.165) is 66.3 Å². The van der Waals surface area contributed by atoms with Crippen LogP contribution in [0, 0.1) is 6.92 Å². The summed E-state index contributed by atoms with van der Waals surface area (Å²) in [4.78, 5) is 31.1. The van der Waals surface area contributed by atoms with E-state index in [0.29, 0.717) is 17.5 Å². The van der Waals surface area contributed by atoms with E-state index in [2.05, 4.69) is 15.0 Å². The number of allylic oxidation sites excluding steroid dienone is 1. The van der Waals surface area contributed by atoms with Crippen LogP contribution in [-0.2, 0) is 16.0 Å². The van der Waals surface area contributed by atoms with Crippen LogP contribution in [0.15, 0.2) is 67.3 Å². The number of carbonyl (C=O) groups is 1. The van der Waals surface area contributed by atoms with Crippen molar-refractivity contribution in [3.05, 3.63) is 89.2 Å². The normalized spacial score (nSPS) is 11.7. The second-order valence-electron chi connectivity index (χ2n) is 11.3. The van der Waals surface area contributed by atoms with Crippen molar-refractivity contribution in [2.45, 2.75) is 60.0 Å². The van der Waals surface area contributed by atoms with Crippen LogP contribution >= 0.6 is 22.9 Å². The fourth-order valence-corrected chi connectivity index (χ4v) is 5.82. The van der Waals surface area contributed by atoms with Crippen LogP contribution in [0.4, 0.5) is 0 Å². The Morgan fingerprint density at radius 3 is 2.29 bits per heavy atom. The van der Waals surface area contributed by atoms with Crippen molar-refractivity contribution in [1.29, 1.82) is 0 Å². The molecule has 5 rings (SSSR count). The number of hydrogen-bond donors (Lipinski definition) is 2. The summed E-state index contributed by atoms with van der Waals surface area (Å²) in [6.07, 6.45) is 7.75. The summed E-state index contributed by atoms with van der Waals surface area (Å²) in [6, 6.07) is 13.6. The molecule has 0 unspecified atom stereocenters. The highest BCUT2D eigenvalue weighted by molar-refractivity contribution is 7.22. The molecule has 0 amide bonds. The Balaban J connectivity index is 0.000000854. The minimum atomic E-state index is -0.500. The Labute approximate surface area is 273 Å². The first-order valence-electron chi connectivity index (χ1n) is 14.7. The number of nitrogens with zero attached hydrogens (tertiary/aromatic N) is 4. The molecule has 0 aliphatic carbocycles. The van der Waals surface area contributed by atoms with Gasteiger partial charge in [0.25, 0.3) is 0 Å². The van der Waals surface area contributed by atoms with E-state index < -0.39 is 5.60 Å². The van der Waals surface area contributed by atoms with Crippen molar-refractivity contribution in [3.63, 3.8) is 0 Å². The van der Waals surface area contributed by atoms with Gasteiger partial charge in [-0.25, -0.2) is 15.0 Å². The zero-order valence-corrected chi connectivity index (χ0v) is 28.0. The van der Waals surface area contributed by atoms with Gasteiger partial charge in [0, 0.05) is 52.1 Å². The highest BCUT2D eigenvalue weighted by Crippen LogP contribution is 2.41. The van der Waals surface area contributed by atoms with E-state index >= 15 is 0 Å². The molecule has 0 saturated carbocycles. The highest BCUT2D eigenvalue weighted by atomic mass is 35.5. The molecule has 0 radical (unpaired) electrons. The zero-order valence-electron chi connectivity index (χ0n) is 26.4. The number of aliphatic hydroxyl groups is 1. The van der Waals surface area contributed by atoms with Crippen molar-refractivity contribution in [1.82, 2.24) is 19.9 Å². The Bertz CT molecular complexity index is 1800. The highest BCUT2D eigenvalue weighted by Gasteiger charge is 2.20. The lowest BCUT2D eigenvalue weighted by Gasteiger charge is -2.14. The summed E-state index contributed by atoms with van der Waals surface area (Å²) in [5.74, 6) is 0.352. The number of esters is 1. The number of fused-ring (bicyclic) bond motifs is 1. The second-order valence-corrected chi connectivity index (χ2v) is 12.8. The molecule has 0 saturated heterocycles. The van der Waals surface area contributed by atoms with Crippen LogP contribution in [0.3, 0.4) is 0 Å². The third kappa shape index (κ3) is 8.72. The monoisotopic (exact) mass is 643 g/mol. The minimum Gasteiger partial charge on any atom is -0.466 e. The van der Waals surface area contributed by atoms with Crippen molar-refractivity contribution < 1.29 is 14.6 Å². The molecule has 0 aliphatic heterocycles. The van der Waals surface area contributed by atoms with E-state index in [1.165, 1.54) is 0 Å². The molecule has 0 spiro atoms. The Kier molecular flexibility index (Phi) is 11.0. The zero-order chi connectivity index (χ0) is 32.7. The molecule has 45 heavy (non-hydrogen) atoms. The maximum Gasteiger partial charge on any atom is 0.310 e. The number of benzene rings is 2. The topological polar surface area (TPSA) is 124 Å². The third-order valence-electron chi connectivity index (χ3n) is 6.59. The van der Waals surface area contributed by atoms with Gasteiger partial charge in [-0.1, -0.05) is 30.7 Å². The quantitative estimate of drug-likeness (QED) is 0.163. The molecule has 3 N–H and O–H groups in total. The average Bonchev–Trinajstić information content (AvgIpc) is 3.42. The summed E-state index contributed by atoms with van der Waals surface area (Å²) < 4.78 is 6.28. The van der Waals surface area contributed by atoms with Gasteiger partial charge in [-0.3, -0.25) is 9.78 Å². The first-order chi connectivity index (χ1) is 21.4. The molecule has 2 aromatic carbocycles. The summed E-state index contributed by atoms with van der Waals surface area (Å²) in [5, 5.41) is 10.0. The van der Waals surface area contributed by atoms with Crippen molar-refractivity contribution in [2.75, 3.05) is 6.61 Å². The first kappa shape index (κ1) is 33.7. The summed E-state index contributed by atoms with van der Waals surface area (Å²) in [5.41, 5.74) is 13.3. The number of thiazole rings is 1. The molecule has 10 heteroatoms. The number of halogens is 1. The maximum atomic E-state index is 12.5. The van der Waals surface area contributed by atoms with Gasteiger partial charge < -0.3 is 15.6 Å². The van der Waals surface area contributed by atoms with Gasteiger partial charge in [-0.2, -0.15) is 0 Å². The molecule has 8 nitrogen and oxygen atoms in total. The van der Waals surface area contributed by atoms with Gasteiger partial charge in [-0.15, -0.1) is 11.3 Å². The molecule has 0 atom stereocenters.